The highest BCUT2D eigenvalue weighted by Gasteiger charge is 2.16. The maximum Gasteiger partial charge on any atom is 0.162 e. The van der Waals surface area contributed by atoms with Crippen LogP contribution in [0.3, 0.4) is 0 Å². The van der Waals surface area contributed by atoms with Crippen molar-refractivity contribution in [3.63, 3.8) is 0 Å². The summed E-state index contributed by atoms with van der Waals surface area (Å²) in [5.41, 5.74) is 0.586. The van der Waals surface area contributed by atoms with Crippen molar-refractivity contribution in [2.75, 3.05) is 0 Å². The summed E-state index contributed by atoms with van der Waals surface area (Å²) in [7, 11) is 0. The Morgan fingerprint density at radius 3 is 2.68 bits per heavy atom. The summed E-state index contributed by atoms with van der Waals surface area (Å²) in [4.78, 5) is 0. The molecule has 1 unspecified atom stereocenters. The van der Waals surface area contributed by atoms with E-state index in [1.807, 2.05) is 0 Å². The summed E-state index contributed by atoms with van der Waals surface area (Å²) in [6, 6.07) is 8.91. The highest BCUT2D eigenvalue weighted by atomic mass is 79.9. The molecule has 0 aliphatic heterocycles. The number of aliphatic hydroxyl groups is 1. The predicted molar refractivity (Wildman–Crippen MR) is 74.2 cm³/mol. The van der Waals surface area contributed by atoms with E-state index in [-0.39, 0.29) is 12.0 Å². The molecule has 2 rings (SSSR count). The minimum Gasteiger partial charge on any atom is -0.388 e. The molecule has 19 heavy (non-hydrogen) atoms. The van der Waals surface area contributed by atoms with Gasteiger partial charge in [0.2, 0.25) is 0 Å². The number of hydrogen-bond acceptors (Lipinski definition) is 1. The number of benzene rings is 2. The fourth-order valence-electron chi connectivity index (χ4n) is 1.79. The first-order chi connectivity index (χ1) is 8.99. The maximum atomic E-state index is 13.5. The van der Waals surface area contributed by atoms with Crippen LogP contribution < -0.4 is 0 Å². The van der Waals surface area contributed by atoms with Crippen molar-refractivity contribution in [3.05, 3.63) is 68.7 Å². The van der Waals surface area contributed by atoms with Crippen LogP contribution in [-0.2, 0) is 6.42 Å². The monoisotopic (exact) mass is 346 g/mol. The van der Waals surface area contributed by atoms with Gasteiger partial charge < -0.3 is 5.11 Å². The number of halogens is 4. The van der Waals surface area contributed by atoms with Crippen molar-refractivity contribution in [1.29, 1.82) is 0 Å². The lowest BCUT2D eigenvalue weighted by molar-refractivity contribution is 0.177. The zero-order valence-electron chi connectivity index (χ0n) is 9.71. The van der Waals surface area contributed by atoms with Crippen molar-refractivity contribution < 1.29 is 13.9 Å². The number of aliphatic hydroxyl groups excluding tert-OH is 1. The lowest BCUT2D eigenvalue weighted by atomic mass is 10.0. The highest BCUT2D eigenvalue weighted by molar-refractivity contribution is 9.10. The van der Waals surface area contributed by atoms with Crippen molar-refractivity contribution in [1.82, 2.24) is 0 Å². The molecule has 0 fully saturated rings. The Hall–Kier alpha value is -0.970. The van der Waals surface area contributed by atoms with Crippen LogP contribution in [0.2, 0.25) is 5.02 Å². The van der Waals surface area contributed by atoms with Crippen LogP contribution in [0.1, 0.15) is 17.2 Å². The van der Waals surface area contributed by atoms with Crippen molar-refractivity contribution >= 4 is 27.5 Å². The second kappa shape index (κ2) is 5.99. The highest BCUT2D eigenvalue weighted by Crippen LogP contribution is 2.29. The Balaban J connectivity index is 2.28. The van der Waals surface area contributed by atoms with E-state index in [4.69, 9.17) is 11.6 Å². The van der Waals surface area contributed by atoms with E-state index < -0.39 is 17.7 Å². The summed E-state index contributed by atoms with van der Waals surface area (Å²) in [5, 5.41) is 10.5. The van der Waals surface area contributed by atoms with Crippen molar-refractivity contribution in [2.45, 2.75) is 12.5 Å². The lowest BCUT2D eigenvalue weighted by Gasteiger charge is -2.14. The Kier molecular flexibility index (Phi) is 4.55. The molecule has 0 heterocycles. The van der Waals surface area contributed by atoms with Gasteiger partial charge >= 0.3 is 0 Å². The molecular formula is C14H10BrClF2O. The average molecular weight is 348 g/mol. The van der Waals surface area contributed by atoms with Gasteiger partial charge in [0.05, 0.1) is 6.10 Å². The second-order valence-electron chi connectivity index (χ2n) is 4.10. The third kappa shape index (κ3) is 3.32. The number of rotatable bonds is 3. The fraction of sp³-hybridized carbons (Fsp3) is 0.143. The zero-order valence-corrected chi connectivity index (χ0v) is 12.0. The molecule has 100 valence electrons. The standard InChI is InChI=1S/C14H10BrClF2O/c15-9-4-5-11(16)10(7-9)13(19)6-8-2-1-3-12(17)14(8)18/h1-5,7,13,19H,6H2. The third-order valence-electron chi connectivity index (χ3n) is 2.76. The van der Waals surface area contributed by atoms with Gasteiger partial charge in [-0.15, -0.1) is 0 Å². The first-order valence-electron chi connectivity index (χ1n) is 5.55. The molecule has 0 radical (unpaired) electrons. The summed E-state index contributed by atoms with van der Waals surface area (Å²) in [6.07, 6.45) is -1.04. The Morgan fingerprint density at radius 1 is 1.21 bits per heavy atom. The Morgan fingerprint density at radius 2 is 1.95 bits per heavy atom. The van der Waals surface area contributed by atoms with Gasteiger partial charge in [0.1, 0.15) is 0 Å². The molecule has 0 bridgehead atoms. The SMILES string of the molecule is OC(Cc1cccc(F)c1F)c1cc(Br)ccc1Cl. The lowest BCUT2D eigenvalue weighted by Crippen LogP contribution is -2.05. The van der Waals surface area contributed by atoms with Crippen LogP contribution in [-0.4, -0.2) is 5.11 Å². The van der Waals surface area contributed by atoms with E-state index in [1.165, 1.54) is 12.1 Å². The van der Waals surface area contributed by atoms with Gasteiger partial charge in [0.15, 0.2) is 11.6 Å². The molecule has 2 aromatic carbocycles. The zero-order chi connectivity index (χ0) is 14.0. The molecule has 0 saturated carbocycles. The van der Waals surface area contributed by atoms with Crippen LogP contribution in [0.25, 0.3) is 0 Å². The van der Waals surface area contributed by atoms with Crippen LogP contribution in [0.4, 0.5) is 8.78 Å². The van der Waals surface area contributed by atoms with Gasteiger partial charge in [-0.25, -0.2) is 8.78 Å². The van der Waals surface area contributed by atoms with Crippen LogP contribution >= 0.6 is 27.5 Å². The van der Waals surface area contributed by atoms with Crippen molar-refractivity contribution in [3.8, 4) is 0 Å². The Bertz CT molecular complexity index is 604. The molecule has 1 N–H and O–H groups in total. The van der Waals surface area contributed by atoms with Crippen LogP contribution in [0.5, 0.6) is 0 Å². The van der Waals surface area contributed by atoms with Crippen LogP contribution in [0.15, 0.2) is 40.9 Å². The molecule has 0 aliphatic rings. The molecular weight excluding hydrogens is 338 g/mol. The largest absolute Gasteiger partial charge is 0.388 e. The third-order valence-corrected chi connectivity index (χ3v) is 3.60. The average Bonchev–Trinajstić information content (AvgIpc) is 2.38. The minimum absolute atomic E-state index is 0.0419. The molecule has 0 aliphatic carbocycles. The summed E-state index contributed by atoms with van der Waals surface area (Å²) in [5.74, 6) is -1.86. The first-order valence-corrected chi connectivity index (χ1v) is 6.72. The molecule has 0 amide bonds. The van der Waals surface area contributed by atoms with Gasteiger partial charge in [0.25, 0.3) is 0 Å². The van der Waals surface area contributed by atoms with Gasteiger partial charge in [0, 0.05) is 21.5 Å². The molecule has 5 heteroatoms. The van der Waals surface area contributed by atoms with E-state index >= 15 is 0 Å². The molecule has 2 aromatic rings. The molecule has 0 aromatic heterocycles. The normalized spacial score (nSPS) is 12.5. The van der Waals surface area contributed by atoms with E-state index in [0.29, 0.717) is 10.6 Å². The Labute approximate surface area is 123 Å². The maximum absolute atomic E-state index is 13.5. The smallest absolute Gasteiger partial charge is 0.162 e. The number of hydrogen-bond donors (Lipinski definition) is 1. The second-order valence-corrected chi connectivity index (χ2v) is 5.42. The van der Waals surface area contributed by atoms with Crippen LogP contribution in [0, 0.1) is 11.6 Å². The molecule has 1 nitrogen and oxygen atoms in total. The van der Waals surface area contributed by atoms with Gasteiger partial charge in [-0.2, -0.15) is 0 Å². The van der Waals surface area contributed by atoms with Gasteiger partial charge in [-0.05, 0) is 29.8 Å². The van der Waals surface area contributed by atoms with Gasteiger partial charge in [-0.1, -0.05) is 39.7 Å². The van der Waals surface area contributed by atoms with Crippen molar-refractivity contribution in [2.24, 2.45) is 0 Å². The van der Waals surface area contributed by atoms with E-state index in [1.54, 1.807) is 18.2 Å². The molecule has 0 spiro atoms. The summed E-state index contributed by atoms with van der Waals surface area (Å²) in [6.45, 7) is 0. The molecule has 1 atom stereocenters. The summed E-state index contributed by atoms with van der Waals surface area (Å²) >= 11 is 9.25. The van der Waals surface area contributed by atoms with Gasteiger partial charge in [-0.3, -0.25) is 0 Å². The van der Waals surface area contributed by atoms with E-state index in [9.17, 15) is 13.9 Å². The first kappa shape index (κ1) is 14.4. The van der Waals surface area contributed by atoms with E-state index in [2.05, 4.69) is 15.9 Å². The fourth-order valence-corrected chi connectivity index (χ4v) is 2.42. The summed E-state index contributed by atoms with van der Waals surface area (Å²) < 4.78 is 27.4. The minimum atomic E-state index is -0.999. The molecule has 0 saturated heterocycles. The van der Waals surface area contributed by atoms with E-state index in [0.717, 1.165) is 10.5 Å². The quantitative estimate of drug-likeness (QED) is 0.856. The topological polar surface area (TPSA) is 20.2 Å². The predicted octanol–water partition coefficient (Wildman–Crippen LogP) is 4.66.